The minimum atomic E-state index is -0.348. The molecule has 4 rings (SSSR count). The van der Waals surface area contributed by atoms with Gasteiger partial charge in [0.15, 0.2) is 0 Å². The molecule has 146 valence electrons. The van der Waals surface area contributed by atoms with Gasteiger partial charge >= 0.3 is 0 Å². The van der Waals surface area contributed by atoms with Crippen LogP contribution in [-0.4, -0.2) is 25.5 Å². The van der Waals surface area contributed by atoms with Crippen LogP contribution in [0.3, 0.4) is 0 Å². The van der Waals surface area contributed by atoms with Crippen LogP contribution in [0.5, 0.6) is 0 Å². The maximum atomic E-state index is 13.1. The number of thioether (sulfide) groups is 1. The molecular formula is C21H18FN5OS. The molecule has 0 atom stereocenters. The quantitative estimate of drug-likeness (QED) is 0.496. The zero-order valence-electron chi connectivity index (χ0n) is 15.9. The molecule has 0 fully saturated rings. The fourth-order valence-electron chi connectivity index (χ4n) is 2.95. The first kappa shape index (κ1) is 19.1. The number of aryl methyl sites for hydroxylation is 2. The Morgan fingerprint density at radius 2 is 1.86 bits per heavy atom. The highest BCUT2D eigenvalue weighted by Gasteiger charge is 2.14. The van der Waals surface area contributed by atoms with Crippen LogP contribution >= 0.6 is 11.8 Å². The van der Waals surface area contributed by atoms with E-state index in [1.165, 1.54) is 36.0 Å². The molecule has 0 aliphatic heterocycles. The van der Waals surface area contributed by atoms with Crippen LogP contribution in [-0.2, 0) is 5.75 Å². The number of fused-ring (bicyclic) bond motifs is 1. The Bertz CT molecular complexity index is 1190. The van der Waals surface area contributed by atoms with Gasteiger partial charge in [0.05, 0.1) is 0 Å². The predicted octanol–water partition coefficient (Wildman–Crippen LogP) is 4.42. The number of amides is 1. The number of aromatic nitrogens is 4. The van der Waals surface area contributed by atoms with Crippen molar-refractivity contribution in [2.45, 2.75) is 24.8 Å². The third kappa shape index (κ3) is 4.27. The Balaban J connectivity index is 1.52. The monoisotopic (exact) mass is 407 g/mol. The van der Waals surface area contributed by atoms with Crippen LogP contribution in [0, 0.1) is 19.7 Å². The number of carbonyl (C=O) groups excluding carboxylic acids is 1. The van der Waals surface area contributed by atoms with Gasteiger partial charge in [0.25, 0.3) is 11.7 Å². The number of anilines is 1. The molecule has 1 N–H and O–H groups in total. The van der Waals surface area contributed by atoms with Crippen molar-refractivity contribution in [3.63, 3.8) is 0 Å². The molecule has 0 saturated carbocycles. The van der Waals surface area contributed by atoms with Crippen molar-refractivity contribution in [2.24, 2.45) is 0 Å². The summed E-state index contributed by atoms with van der Waals surface area (Å²) in [5.74, 6) is 0.498. The second-order valence-electron chi connectivity index (χ2n) is 6.55. The number of hydrogen-bond acceptors (Lipinski definition) is 5. The van der Waals surface area contributed by atoms with Crippen molar-refractivity contribution < 1.29 is 9.18 Å². The zero-order valence-corrected chi connectivity index (χ0v) is 16.7. The SMILES string of the molecule is Cc1cc(C)n2nc(SCc3ccccc3C(=O)Nc3ccc(F)cc3)nc2n1. The summed E-state index contributed by atoms with van der Waals surface area (Å²) in [6.07, 6.45) is 0. The van der Waals surface area contributed by atoms with E-state index in [0.717, 1.165) is 17.0 Å². The molecule has 6 nitrogen and oxygen atoms in total. The Kier molecular flexibility index (Phi) is 5.26. The van der Waals surface area contributed by atoms with Crippen LogP contribution in [0.25, 0.3) is 5.78 Å². The van der Waals surface area contributed by atoms with Gasteiger partial charge in [-0.1, -0.05) is 30.0 Å². The summed E-state index contributed by atoms with van der Waals surface area (Å²) in [6.45, 7) is 3.88. The zero-order chi connectivity index (χ0) is 20.4. The average Bonchev–Trinajstić information content (AvgIpc) is 3.11. The molecule has 0 spiro atoms. The van der Waals surface area contributed by atoms with Gasteiger partial charge in [-0.2, -0.15) is 4.98 Å². The molecule has 0 bridgehead atoms. The molecule has 29 heavy (non-hydrogen) atoms. The Labute approximate surface area is 171 Å². The number of nitrogens with one attached hydrogen (secondary N) is 1. The normalized spacial score (nSPS) is 11.0. The molecule has 2 aromatic heterocycles. The van der Waals surface area contributed by atoms with Crippen molar-refractivity contribution in [1.82, 2.24) is 19.6 Å². The summed E-state index contributed by atoms with van der Waals surface area (Å²) in [4.78, 5) is 21.6. The van der Waals surface area contributed by atoms with Crippen molar-refractivity contribution in [3.8, 4) is 0 Å². The smallest absolute Gasteiger partial charge is 0.255 e. The largest absolute Gasteiger partial charge is 0.322 e. The molecule has 8 heteroatoms. The van der Waals surface area contributed by atoms with Gasteiger partial charge < -0.3 is 5.32 Å². The number of hydrogen-bond donors (Lipinski definition) is 1. The Morgan fingerprint density at radius 3 is 2.66 bits per heavy atom. The van der Waals surface area contributed by atoms with Gasteiger partial charge in [-0.15, -0.1) is 5.10 Å². The van der Waals surface area contributed by atoms with E-state index in [9.17, 15) is 9.18 Å². The highest BCUT2D eigenvalue weighted by molar-refractivity contribution is 7.98. The van der Waals surface area contributed by atoms with Crippen molar-refractivity contribution >= 4 is 29.1 Å². The molecule has 2 aromatic carbocycles. The van der Waals surface area contributed by atoms with E-state index < -0.39 is 0 Å². The number of nitrogens with zero attached hydrogens (tertiary/aromatic N) is 4. The highest BCUT2D eigenvalue weighted by Crippen LogP contribution is 2.23. The first-order valence-electron chi connectivity index (χ1n) is 8.98. The highest BCUT2D eigenvalue weighted by atomic mass is 32.2. The average molecular weight is 407 g/mol. The predicted molar refractivity (Wildman–Crippen MR) is 111 cm³/mol. The molecular weight excluding hydrogens is 389 g/mol. The second-order valence-corrected chi connectivity index (χ2v) is 7.49. The fraction of sp³-hybridized carbons (Fsp3) is 0.143. The second kappa shape index (κ2) is 8.00. The van der Waals surface area contributed by atoms with Crippen LogP contribution in [0.1, 0.15) is 27.3 Å². The number of halogens is 1. The van der Waals surface area contributed by atoms with Crippen LogP contribution in [0.4, 0.5) is 10.1 Å². The van der Waals surface area contributed by atoms with E-state index >= 15 is 0 Å². The third-order valence-corrected chi connectivity index (χ3v) is 5.21. The number of benzene rings is 2. The lowest BCUT2D eigenvalue weighted by atomic mass is 10.1. The lowest BCUT2D eigenvalue weighted by molar-refractivity contribution is 0.102. The minimum absolute atomic E-state index is 0.246. The first-order valence-corrected chi connectivity index (χ1v) is 9.97. The number of rotatable bonds is 5. The van der Waals surface area contributed by atoms with E-state index in [1.807, 2.05) is 38.1 Å². The van der Waals surface area contributed by atoms with Gasteiger partial charge in [0.1, 0.15) is 5.82 Å². The van der Waals surface area contributed by atoms with Crippen molar-refractivity contribution in [2.75, 3.05) is 5.32 Å². The molecule has 2 heterocycles. The molecule has 4 aromatic rings. The lowest BCUT2D eigenvalue weighted by Crippen LogP contribution is -2.14. The number of carbonyl (C=O) groups is 1. The van der Waals surface area contributed by atoms with Gasteiger partial charge in [0, 0.05) is 28.4 Å². The third-order valence-electron chi connectivity index (χ3n) is 4.32. The first-order chi connectivity index (χ1) is 14.0. The fourth-order valence-corrected chi connectivity index (χ4v) is 3.77. The molecule has 1 amide bonds. The minimum Gasteiger partial charge on any atom is -0.322 e. The maximum Gasteiger partial charge on any atom is 0.255 e. The van der Waals surface area contributed by atoms with E-state index in [0.29, 0.717) is 27.9 Å². The molecule has 0 saturated heterocycles. The molecule has 0 aliphatic rings. The maximum absolute atomic E-state index is 13.1. The summed E-state index contributed by atoms with van der Waals surface area (Å²) in [5, 5.41) is 7.89. The van der Waals surface area contributed by atoms with Crippen LogP contribution in [0.15, 0.2) is 59.8 Å². The Hall–Kier alpha value is -3.26. The topological polar surface area (TPSA) is 72.2 Å². The molecule has 0 unspecified atom stereocenters. The van der Waals surface area contributed by atoms with Gasteiger partial charge in [-0.25, -0.2) is 13.9 Å². The lowest BCUT2D eigenvalue weighted by Gasteiger charge is -2.09. The summed E-state index contributed by atoms with van der Waals surface area (Å²) in [7, 11) is 0. The van der Waals surface area contributed by atoms with Crippen LogP contribution < -0.4 is 5.32 Å². The van der Waals surface area contributed by atoms with E-state index in [4.69, 9.17) is 0 Å². The molecule has 0 radical (unpaired) electrons. The standard InChI is InChI=1S/C21H18FN5OS/c1-13-11-14(2)27-20(23-13)25-21(26-27)29-12-15-5-3-4-6-18(15)19(28)24-17-9-7-16(22)8-10-17/h3-11H,12H2,1-2H3,(H,24,28). The van der Waals surface area contributed by atoms with E-state index in [2.05, 4.69) is 20.4 Å². The van der Waals surface area contributed by atoms with Crippen molar-refractivity contribution in [1.29, 1.82) is 0 Å². The van der Waals surface area contributed by atoms with E-state index in [1.54, 1.807) is 10.6 Å². The van der Waals surface area contributed by atoms with Crippen molar-refractivity contribution in [3.05, 3.63) is 82.9 Å². The van der Waals surface area contributed by atoms with E-state index in [-0.39, 0.29) is 11.7 Å². The summed E-state index contributed by atoms with van der Waals surface area (Å²) in [6, 6.07) is 15.0. The summed E-state index contributed by atoms with van der Waals surface area (Å²) >= 11 is 1.44. The van der Waals surface area contributed by atoms with Gasteiger partial charge in [-0.3, -0.25) is 4.79 Å². The van der Waals surface area contributed by atoms with Gasteiger partial charge in [-0.05, 0) is 55.8 Å². The van der Waals surface area contributed by atoms with Gasteiger partial charge in [0.2, 0.25) is 5.16 Å². The van der Waals surface area contributed by atoms with Crippen LogP contribution in [0.2, 0.25) is 0 Å². The molecule has 0 aliphatic carbocycles. The Morgan fingerprint density at radius 1 is 1.10 bits per heavy atom. The summed E-state index contributed by atoms with van der Waals surface area (Å²) in [5.41, 5.74) is 3.81. The summed E-state index contributed by atoms with van der Waals surface area (Å²) < 4.78 is 14.8.